The summed E-state index contributed by atoms with van der Waals surface area (Å²) >= 11 is 0. The van der Waals surface area contributed by atoms with Crippen LogP contribution in [0.5, 0.6) is 0 Å². The Morgan fingerprint density at radius 3 is 2.82 bits per heavy atom. The van der Waals surface area contributed by atoms with Gasteiger partial charge >= 0.3 is 0 Å². The Kier molecular flexibility index (Phi) is 4.45. The number of rotatable bonds is 4. The molecule has 1 aromatic carbocycles. The normalized spacial score (nSPS) is 19.5. The standard InChI is InChI=1S/C20H21N7O/c21-10-14-6-7-15(24-11-14)12-27-17-5-2-1-4-16(17)25-19(27)26-9-3-8-20(23,13-26)18(22)28/h1-2,4-7,11H,3,8-9,12-13,23H2,(H2,22,28). The third-order valence-corrected chi connectivity index (χ3v) is 5.21. The Labute approximate surface area is 162 Å². The minimum absolute atomic E-state index is 0.326. The van der Waals surface area contributed by atoms with Gasteiger partial charge in [-0.3, -0.25) is 9.78 Å². The van der Waals surface area contributed by atoms with Crippen molar-refractivity contribution < 1.29 is 4.79 Å². The first-order chi connectivity index (χ1) is 13.5. The lowest BCUT2D eigenvalue weighted by molar-refractivity contribution is -0.123. The minimum Gasteiger partial charge on any atom is -0.368 e. The van der Waals surface area contributed by atoms with Gasteiger partial charge in [-0.2, -0.15) is 5.26 Å². The third kappa shape index (κ3) is 3.17. The first-order valence-electron chi connectivity index (χ1n) is 9.14. The number of amides is 1. The zero-order valence-corrected chi connectivity index (χ0v) is 15.4. The number of piperidine rings is 1. The predicted octanol–water partition coefficient (Wildman–Crippen LogP) is 1.13. The van der Waals surface area contributed by atoms with Crippen molar-refractivity contribution in [3.8, 4) is 6.07 Å². The lowest BCUT2D eigenvalue weighted by Gasteiger charge is -2.38. The summed E-state index contributed by atoms with van der Waals surface area (Å²) in [5.74, 6) is 0.247. The summed E-state index contributed by atoms with van der Waals surface area (Å²) < 4.78 is 2.07. The molecule has 1 fully saturated rings. The number of nitrogens with two attached hydrogens (primary N) is 2. The van der Waals surface area contributed by atoms with Gasteiger partial charge in [-0.1, -0.05) is 12.1 Å². The highest BCUT2D eigenvalue weighted by Gasteiger charge is 2.38. The summed E-state index contributed by atoms with van der Waals surface area (Å²) in [5, 5.41) is 8.97. The second-order valence-corrected chi connectivity index (χ2v) is 7.18. The maximum Gasteiger partial charge on any atom is 0.239 e. The van der Waals surface area contributed by atoms with Gasteiger partial charge in [-0.25, -0.2) is 4.98 Å². The van der Waals surface area contributed by atoms with E-state index in [1.54, 1.807) is 12.3 Å². The van der Waals surface area contributed by atoms with Crippen molar-refractivity contribution in [3.05, 3.63) is 53.9 Å². The summed E-state index contributed by atoms with van der Waals surface area (Å²) in [6.45, 7) is 1.56. The Bertz CT molecular complexity index is 1070. The molecule has 1 atom stereocenters. The summed E-state index contributed by atoms with van der Waals surface area (Å²) in [6, 6.07) is 13.5. The lowest BCUT2D eigenvalue weighted by Crippen LogP contribution is -2.62. The molecule has 1 unspecified atom stereocenters. The highest BCUT2D eigenvalue weighted by molar-refractivity contribution is 5.86. The number of para-hydroxylation sites is 2. The third-order valence-electron chi connectivity index (χ3n) is 5.21. The molecule has 4 N–H and O–H groups in total. The molecule has 1 amide bonds. The first-order valence-corrected chi connectivity index (χ1v) is 9.14. The topological polar surface area (TPSA) is 127 Å². The summed E-state index contributed by atoms with van der Waals surface area (Å²) in [5.41, 5.74) is 13.9. The first kappa shape index (κ1) is 17.9. The summed E-state index contributed by atoms with van der Waals surface area (Å²) in [4.78, 5) is 23.1. The number of aromatic nitrogens is 3. The molecule has 0 radical (unpaired) electrons. The number of carbonyl (C=O) groups is 1. The number of benzene rings is 1. The van der Waals surface area contributed by atoms with Crippen molar-refractivity contribution in [1.82, 2.24) is 14.5 Å². The molecule has 28 heavy (non-hydrogen) atoms. The van der Waals surface area contributed by atoms with Crippen LogP contribution in [0, 0.1) is 11.3 Å². The van der Waals surface area contributed by atoms with Gasteiger partial charge in [0.1, 0.15) is 11.6 Å². The van der Waals surface area contributed by atoms with E-state index in [1.165, 1.54) is 0 Å². The van der Waals surface area contributed by atoms with Gasteiger partial charge in [0.05, 0.1) is 28.8 Å². The smallest absolute Gasteiger partial charge is 0.239 e. The second kappa shape index (κ2) is 6.94. The summed E-state index contributed by atoms with van der Waals surface area (Å²) in [6.07, 6.45) is 2.89. The second-order valence-electron chi connectivity index (χ2n) is 7.18. The van der Waals surface area contributed by atoms with E-state index < -0.39 is 11.4 Å². The fraction of sp³-hybridized carbons (Fsp3) is 0.300. The predicted molar refractivity (Wildman–Crippen MR) is 105 cm³/mol. The van der Waals surface area contributed by atoms with E-state index in [2.05, 4.69) is 15.6 Å². The van der Waals surface area contributed by atoms with E-state index in [0.717, 1.165) is 35.6 Å². The molecule has 1 saturated heterocycles. The zero-order valence-electron chi connectivity index (χ0n) is 15.4. The SMILES string of the molecule is N#Cc1ccc(Cn2c(N3CCCC(N)(C(N)=O)C3)nc3ccccc32)nc1. The molecule has 1 aliphatic heterocycles. The van der Waals surface area contributed by atoms with Crippen molar-refractivity contribution >= 4 is 22.9 Å². The molecule has 0 bridgehead atoms. The van der Waals surface area contributed by atoms with E-state index in [1.807, 2.05) is 35.2 Å². The fourth-order valence-corrected chi connectivity index (χ4v) is 3.66. The number of imidazole rings is 1. The van der Waals surface area contributed by atoms with Crippen molar-refractivity contribution in [1.29, 1.82) is 5.26 Å². The van der Waals surface area contributed by atoms with Gasteiger partial charge in [0.15, 0.2) is 0 Å². The van der Waals surface area contributed by atoms with Gasteiger partial charge in [0, 0.05) is 19.3 Å². The highest BCUT2D eigenvalue weighted by Crippen LogP contribution is 2.28. The molecule has 3 aromatic rings. The van der Waals surface area contributed by atoms with Crippen LogP contribution in [0.15, 0.2) is 42.6 Å². The maximum atomic E-state index is 11.9. The van der Waals surface area contributed by atoms with E-state index >= 15 is 0 Å². The van der Waals surface area contributed by atoms with Gasteiger partial charge in [0.2, 0.25) is 11.9 Å². The Balaban J connectivity index is 1.75. The minimum atomic E-state index is -1.06. The van der Waals surface area contributed by atoms with Crippen molar-refractivity contribution in [2.24, 2.45) is 11.5 Å². The molecule has 4 rings (SSSR count). The molecule has 0 spiro atoms. The molecule has 0 saturated carbocycles. The molecule has 3 heterocycles. The highest BCUT2D eigenvalue weighted by atomic mass is 16.1. The van der Waals surface area contributed by atoms with Crippen molar-refractivity contribution in [2.75, 3.05) is 18.0 Å². The van der Waals surface area contributed by atoms with E-state index in [0.29, 0.717) is 25.1 Å². The molecule has 2 aromatic heterocycles. The number of fused-ring (bicyclic) bond motifs is 1. The summed E-state index contributed by atoms with van der Waals surface area (Å²) in [7, 11) is 0. The number of pyridine rings is 1. The molecular formula is C20H21N7O. The zero-order chi connectivity index (χ0) is 19.7. The average molecular weight is 375 g/mol. The van der Waals surface area contributed by atoms with Crippen LogP contribution in [0.2, 0.25) is 0 Å². The van der Waals surface area contributed by atoms with Crippen LogP contribution >= 0.6 is 0 Å². The van der Waals surface area contributed by atoms with Gasteiger partial charge < -0.3 is 20.9 Å². The number of primary amides is 1. The van der Waals surface area contributed by atoms with E-state index in [9.17, 15) is 4.79 Å². The Morgan fingerprint density at radius 1 is 1.29 bits per heavy atom. The van der Waals surface area contributed by atoms with Crippen molar-refractivity contribution in [2.45, 2.75) is 24.9 Å². The van der Waals surface area contributed by atoms with Gasteiger partial charge in [0.25, 0.3) is 0 Å². The molecule has 0 aliphatic carbocycles. The molecule has 1 aliphatic rings. The Morgan fingerprint density at radius 2 is 2.11 bits per heavy atom. The molecule has 142 valence electrons. The van der Waals surface area contributed by atoms with Gasteiger partial charge in [-0.05, 0) is 37.1 Å². The van der Waals surface area contributed by atoms with E-state index in [-0.39, 0.29) is 0 Å². The fourth-order valence-electron chi connectivity index (χ4n) is 3.66. The number of hydrogen-bond acceptors (Lipinski definition) is 6. The number of carbonyl (C=O) groups excluding carboxylic acids is 1. The quantitative estimate of drug-likeness (QED) is 0.704. The monoisotopic (exact) mass is 375 g/mol. The maximum absolute atomic E-state index is 11.9. The lowest BCUT2D eigenvalue weighted by atomic mass is 9.89. The number of hydrogen-bond donors (Lipinski definition) is 2. The van der Waals surface area contributed by atoms with Crippen molar-refractivity contribution in [3.63, 3.8) is 0 Å². The average Bonchev–Trinajstić information content (AvgIpc) is 3.07. The number of nitriles is 1. The number of anilines is 1. The van der Waals surface area contributed by atoms with Crippen LogP contribution in [0.3, 0.4) is 0 Å². The molecule has 8 nitrogen and oxygen atoms in total. The van der Waals surface area contributed by atoms with Crippen LogP contribution in [-0.2, 0) is 11.3 Å². The van der Waals surface area contributed by atoms with Crippen LogP contribution in [0.1, 0.15) is 24.1 Å². The molecule has 8 heteroatoms. The van der Waals surface area contributed by atoms with Gasteiger partial charge in [-0.15, -0.1) is 0 Å². The van der Waals surface area contributed by atoms with E-state index in [4.69, 9.17) is 21.7 Å². The Hall–Kier alpha value is -3.44. The largest absolute Gasteiger partial charge is 0.368 e. The number of nitrogens with zero attached hydrogens (tertiary/aromatic N) is 5. The van der Waals surface area contributed by atoms with Crippen LogP contribution < -0.4 is 16.4 Å². The molecular weight excluding hydrogens is 354 g/mol. The van der Waals surface area contributed by atoms with Crippen LogP contribution in [0.25, 0.3) is 11.0 Å². The van der Waals surface area contributed by atoms with Crippen LogP contribution in [-0.4, -0.2) is 39.1 Å². The van der Waals surface area contributed by atoms with Crippen LogP contribution in [0.4, 0.5) is 5.95 Å².